The zero-order chi connectivity index (χ0) is 39.1. The Hall–Kier alpha value is -3.07. The molecule has 0 saturated carbocycles. The Morgan fingerprint density at radius 1 is 0.566 bits per heavy atom. The van der Waals surface area contributed by atoms with Crippen molar-refractivity contribution in [1.29, 1.82) is 0 Å². The van der Waals surface area contributed by atoms with Gasteiger partial charge in [0.2, 0.25) is 0 Å². The van der Waals surface area contributed by atoms with Crippen LogP contribution in [-0.4, -0.2) is 52.3 Å². The smallest absolute Gasteiger partial charge is 0.462 e. The number of hydrogen-bond donors (Lipinski definition) is 3. The molecule has 0 unspecified atom stereocenters. The molecule has 0 spiro atoms. The lowest BCUT2D eigenvalue weighted by atomic mass is 10.1. The van der Waals surface area contributed by atoms with Gasteiger partial charge in [-0.3, -0.25) is 14.1 Å². The van der Waals surface area contributed by atoms with Crippen molar-refractivity contribution >= 4 is 19.8 Å². The lowest BCUT2D eigenvalue weighted by Gasteiger charge is -2.18. The number of aliphatic hydroxyl groups is 1. The van der Waals surface area contributed by atoms with Crippen LogP contribution in [0.15, 0.2) is 97.2 Å². The maximum absolute atomic E-state index is 12.4. The molecular weight excluding hydrogens is 691 g/mol. The molecule has 0 aromatic rings. The summed E-state index contributed by atoms with van der Waals surface area (Å²) >= 11 is 0. The SMILES string of the molecule is CCCCC/C=C\C/C=C\C/C=C\C/C=C\CCCC(=O)OC[C@H](COP(=O)(O)O)OC(=O)CCC/C=C\C/C=C\C/C=C\C/C=C\CCC[C@H](C)O. The van der Waals surface area contributed by atoms with E-state index in [1.165, 1.54) is 19.3 Å². The second-order valence-electron chi connectivity index (χ2n) is 12.8. The van der Waals surface area contributed by atoms with Gasteiger partial charge >= 0.3 is 19.8 Å². The highest BCUT2D eigenvalue weighted by Gasteiger charge is 2.22. The maximum Gasteiger partial charge on any atom is 0.469 e. The maximum atomic E-state index is 12.4. The number of hydrogen-bond acceptors (Lipinski definition) is 7. The third-order valence-corrected chi connectivity index (χ3v) is 8.08. The number of carbonyl (C=O) groups excluding carboxylic acids is 2. The number of carbonyl (C=O) groups is 2. The number of ether oxygens (including phenoxy) is 2. The van der Waals surface area contributed by atoms with Gasteiger partial charge in [0, 0.05) is 12.8 Å². The highest BCUT2D eigenvalue weighted by molar-refractivity contribution is 7.46. The normalized spacial score (nSPS) is 14.1. The van der Waals surface area contributed by atoms with Gasteiger partial charge in [-0.25, -0.2) is 4.57 Å². The van der Waals surface area contributed by atoms with Gasteiger partial charge in [0.15, 0.2) is 6.10 Å². The average Bonchev–Trinajstić information content (AvgIpc) is 3.11. The first-order valence-electron chi connectivity index (χ1n) is 19.6. The van der Waals surface area contributed by atoms with Gasteiger partial charge in [-0.05, 0) is 103 Å². The number of phosphoric ester groups is 1. The van der Waals surface area contributed by atoms with Crippen molar-refractivity contribution in [3.63, 3.8) is 0 Å². The monoisotopic (exact) mass is 760 g/mol. The van der Waals surface area contributed by atoms with Gasteiger partial charge < -0.3 is 24.4 Å². The Morgan fingerprint density at radius 2 is 0.962 bits per heavy atom. The molecule has 0 aromatic carbocycles. The molecule has 0 heterocycles. The van der Waals surface area contributed by atoms with E-state index in [9.17, 15) is 19.3 Å². The summed E-state index contributed by atoms with van der Waals surface area (Å²) in [4.78, 5) is 42.7. The Balaban J connectivity index is 4.18. The number of aliphatic hydroxyl groups excluding tert-OH is 1. The standard InChI is InChI=1S/C43H69O9P/c1-3-4-5-6-7-8-9-10-11-12-15-18-21-24-27-30-33-36-42(45)50-38-41(39-51-53(47,48)49)52-43(46)37-34-31-28-25-22-19-16-13-14-17-20-23-26-29-32-35-40(2)44/h7-8,10-11,14-19,23-28,40-41,44H,3-6,9,12-13,20-22,29-39H2,1-2H3,(H2,47,48,49)/b8-7-,11-10-,17-14-,18-15-,19-16-,26-23-,27-24-,28-25-/t40-,41+/m0/s1. The summed E-state index contributed by atoms with van der Waals surface area (Å²) in [5.41, 5.74) is 0. The average molecular weight is 761 g/mol. The largest absolute Gasteiger partial charge is 0.469 e. The Labute approximate surface area is 320 Å². The van der Waals surface area contributed by atoms with Crippen molar-refractivity contribution in [2.45, 2.75) is 148 Å². The van der Waals surface area contributed by atoms with Gasteiger partial charge in [0.25, 0.3) is 0 Å². The van der Waals surface area contributed by atoms with E-state index < -0.39 is 32.5 Å². The molecule has 9 nitrogen and oxygen atoms in total. The summed E-state index contributed by atoms with van der Waals surface area (Å²) in [6.45, 7) is 3.09. The number of esters is 2. The third kappa shape index (κ3) is 41.5. The molecule has 0 aliphatic rings. The molecule has 300 valence electrons. The van der Waals surface area contributed by atoms with E-state index in [4.69, 9.17) is 19.3 Å². The number of phosphoric acid groups is 1. The van der Waals surface area contributed by atoms with Crippen LogP contribution in [-0.2, 0) is 28.2 Å². The van der Waals surface area contributed by atoms with Crippen LogP contribution in [0, 0.1) is 0 Å². The summed E-state index contributed by atoms with van der Waals surface area (Å²) in [5.74, 6) is -1.04. The van der Waals surface area contributed by atoms with Crippen molar-refractivity contribution in [2.75, 3.05) is 13.2 Å². The Bertz CT molecular complexity index is 1190. The second kappa shape index (κ2) is 37.3. The van der Waals surface area contributed by atoms with E-state index in [2.05, 4.69) is 90.4 Å². The van der Waals surface area contributed by atoms with E-state index >= 15 is 0 Å². The van der Waals surface area contributed by atoms with Crippen molar-refractivity contribution in [3.8, 4) is 0 Å². The molecule has 2 atom stereocenters. The number of allylic oxidation sites excluding steroid dienone is 16. The quantitative estimate of drug-likeness (QED) is 0.0253. The molecule has 0 radical (unpaired) electrons. The minimum Gasteiger partial charge on any atom is -0.462 e. The number of unbranched alkanes of at least 4 members (excludes halogenated alkanes) is 6. The molecular formula is C43H69O9P. The predicted molar refractivity (Wildman–Crippen MR) is 217 cm³/mol. The van der Waals surface area contributed by atoms with Gasteiger partial charge in [-0.2, -0.15) is 0 Å². The van der Waals surface area contributed by atoms with E-state index in [0.29, 0.717) is 25.7 Å². The fraction of sp³-hybridized carbons (Fsp3) is 0.581. The van der Waals surface area contributed by atoms with Crippen LogP contribution in [0.2, 0.25) is 0 Å². The molecule has 0 rings (SSSR count). The summed E-state index contributed by atoms with van der Waals surface area (Å²) in [6.07, 6.45) is 48.4. The Morgan fingerprint density at radius 3 is 1.38 bits per heavy atom. The Kier molecular flexibility index (Phi) is 35.1. The van der Waals surface area contributed by atoms with Crippen LogP contribution < -0.4 is 0 Å². The van der Waals surface area contributed by atoms with Crippen molar-refractivity contribution in [3.05, 3.63) is 97.2 Å². The zero-order valence-corrected chi connectivity index (χ0v) is 33.4. The summed E-state index contributed by atoms with van der Waals surface area (Å²) in [7, 11) is -4.79. The van der Waals surface area contributed by atoms with Crippen LogP contribution in [0.5, 0.6) is 0 Å². The lowest BCUT2D eigenvalue weighted by Crippen LogP contribution is -2.29. The van der Waals surface area contributed by atoms with Crippen LogP contribution >= 0.6 is 7.82 Å². The first kappa shape index (κ1) is 49.9. The second-order valence-corrected chi connectivity index (χ2v) is 14.1. The fourth-order valence-corrected chi connectivity index (χ4v) is 5.03. The molecule has 10 heteroatoms. The van der Waals surface area contributed by atoms with Gasteiger partial charge in [0.05, 0.1) is 12.7 Å². The minimum atomic E-state index is -4.79. The summed E-state index contributed by atoms with van der Waals surface area (Å²) in [6, 6.07) is 0. The highest BCUT2D eigenvalue weighted by atomic mass is 31.2. The molecule has 0 bridgehead atoms. The topological polar surface area (TPSA) is 140 Å². The van der Waals surface area contributed by atoms with E-state index in [1.807, 2.05) is 25.2 Å². The highest BCUT2D eigenvalue weighted by Crippen LogP contribution is 2.35. The van der Waals surface area contributed by atoms with Crippen molar-refractivity contribution in [2.24, 2.45) is 0 Å². The van der Waals surface area contributed by atoms with Gasteiger partial charge in [-0.1, -0.05) is 117 Å². The molecule has 0 aliphatic carbocycles. The summed E-state index contributed by atoms with van der Waals surface area (Å²) in [5, 5.41) is 9.25. The molecule has 3 N–H and O–H groups in total. The lowest BCUT2D eigenvalue weighted by molar-refractivity contribution is -0.161. The van der Waals surface area contributed by atoms with Crippen LogP contribution in [0.1, 0.15) is 136 Å². The predicted octanol–water partition coefficient (Wildman–Crippen LogP) is 10.8. The first-order valence-corrected chi connectivity index (χ1v) is 21.1. The van der Waals surface area contributed by atoms with E-state index in [-0.39, 0.29) is 25.6 Å². The number of rotatable bonds is 34. The molecule has 0 fully saturated rings. The molecule has 0 saturated heterocycles. The first-order chi connectivity index (χ1) is 25.6. The van der Waals surface area contributed by atoms with Crippen LogP contribution in [0.3, 0.4) is 0 Å². The zero-order valence-electron chi connectivity index (χ0n) is 32.5. The van der Waals surface area contributed by atoms with Crippen molar-refractivity contribution in [1.82, 2.24) is 0 Å². The fourth-order valence-electron chi connectivity index (χ4n) is 4.67. The summed E-state index contributed by atoms with van der Waals surface area (Å²) < 4.78 is 26.2. The molecule has 0 aromatic heterocycles. The minimum absolute atomic E-state index is 0.107. The van der Waals surface area contributed by atoms with Crippen LogP contribution in [0.4, 0.5) is 0 Å². The molecule has 0 aliphatic heterocycles. The van der Waals surface area contributed by atoms with Gasteiger partial charge in [-0.15, -0.1) is 0 Å². The van der Waals surface area contributed by atoms with Crippen molar-refractivity contribution < 1.29 is 43.0 Å². The van der Waals surface area contributed by atoms with E-state index in [1.54, 1.807) is 0 Å². The molecule has 0 amide bonds. The van der Waals surface area contributed by atoms with E-state index in [0.717, 1.165) is 64.2 Å². The molecule has 53 heavy (non-hydrogen) atoms. The van der Waals surface area contributed by atoms with Crippen LogP contribution in [0.25, 0.3) is 0 Å². The van der Waals surface area contributed by atoms with Gasteiger partial charge in [0.1, 0.15) is 6.61 Å². The third-order valence-electron chi connectivity index (χ3n) is 7.59.